The highest BCUT2D eigenvalue weighted by atomic mass is 32.1. The maximum absolute atomic E-state index is 13.0. The van der Waals surface area contributed by atoms with Crippen molar-refractivity contribution in [2.45, 2.75) is 0 Å². The van der Waals surface area contributed by atoms with Crippen molar-refractivity contribution in [3.05, 3.63) is 126 Å². The predicted molar refractivity (Wildman–Crippen MR) is 148 cm³/mol. The third-order valence-corrected chi connectivity index (χ3v) is 7.54. The minimum atomic E-state index is -0.217. The fraction of sp³-hybridized carbons (Fsp3) is 0. The molecule has 0 amide bonds. The lowest BCUT2D eigenvalue weighted by molar-refractivity contribution is 1.18. The molecule has 4 nitrogen and oxygen atoms in total. The van der Waals surface area contributed by atoms with E-state index in [2.05, 4.69) is 88.8 Å². The van der Waals surface area contributed by atoms with Gasteiger partial charge in [0.05, 0.1) is 15.6 Å². The van der Waals surface area contributed by atoms with Gasteiger partial charge in [0.1, 0.15) is 0 Å². The van der Waals surface area contributed by atoms with Gasteiger partial charge < -0.3 is 0 Å². The summed E-state index contributed by atoms with van der Waals surface area (Å²) < 4.78 is 2.98. The zero-order valence-electron chi connectivity index (χ0n) is 19.1. The van der Waals surface area contributed by atoms with Crippen molar-refractivity contribution >= 4 is 37.5 Å². The van der Waals surface area contributed by atoms with Gasteiger partial charge in [0.2, 0.25) is 0 Å². The molecule has 0 radical (unpaired) electrons. The quantitative estimate of drug-likeness (QED) is 0.263. The Labute approximate surface area is 210 Å². The van der Waals surface area contributed by atoms with Crippen molar-refractivity contribution < 1.29 is 0 Å². The maximum atomic E-state index is 13.0. The number of pyridine rings is 1. The second-order valence-electron chi connectivity index (χ2n) is 8.72. The molecule has 170 valence electrons. The van der Waals surface area contributed by atoms with E-state index in [4.69, 9.17) is 0 Å². The molecule has 0 spiro atoms. The van der Waals surface area contributed by atoms with E-state index >= 15 is 0 Å². The molecule has 7 aromatic rings. The van der Waals surface area contributed by atoms with E-state index in [1.807, 2.05) is 34.7 Å². The van der Waals surface area contributed by atoms with Gasteiger partial charge >= 0.3 is 0 Å². The van der Waals surface area contributed by atoms with Crippen LogP contribution >= 0.6 is 11.3 Å². The first-order valence-corrected chi connectivity index (χ1v) is 12.5. The molecule has 0 aliphatic heterocycles. The molecule has 0 aliphatic carbocycles. The van der Waals surface area contributed by atoms with Crippen LogP contribution in [0.15, 0.2) is 120 Å². The molecule has 0 saturated heterocycles. The minimum Gasteiger partial charge on any atom is -0.268 e. The third kappa shape index (κ3) is 3.41. The first kappa shape index (κ1) is 20.7. The summed E-state index contributed by atoms with van der Waals surface area (Å²) in [6.07, 6.45) is 1.77. The van der Waals surface area contributed by atoms with Crippen molar-refractivity contribution in [1.82, 2.24) is 14.4 Å². The number of aromatic nitrogens is 3. The maximum Gasteiger partial charge on any atom is 0.281 e. The smallest absolute Gasteiger partial charge is 0.268 e. The lowest BCUT2D eigenvalue weighted by atomic mass is 9.96. The fourth-order valence-corrected chi connectivity index (χ4v) is 5.73. The highest BCUT2D eigenvalue weighted by Crippen LogP contribution is 2.31. The lowest BCUT2D eigenvalue weighted by Gasteiger charge is -2.09. The van der Waals surface area contributed by atoms with Crippen molar-refractivity contribution in [3.63, 3.8) is 0 Å². The number of benzene rings is 4. The van der Waals surface area contributed by atoms with Crippen molar-refractivity contribution in [2.75, 3.05) is 0 Å². The number of hydrogen-bond acceptors (Lipinski definition) is 4. The highest BCUT2D eigenvalue weighted by molar-refractivity contribution is 7.23. The van der Waals surface area contributed by atoms with Crippen molar-refractivity contribution in [1.29, 1.82) is 0 Å². The Morgan fingerprint density at radius 3 is 2.06 bits per heavy atom. The zero-order valence-corrected chi connectivity index (χ0v) is 19.9. The standard InChI is InChI=1S/C31H19N3OS/c35-30-26-19-25(15-16-27(26)34-29-28(10-5-17-32-29)36-31(34)33-30)24-9-4-8-23(18-24)22-13-11-21(12-14-22)20-6-2-1-3-7-20/h1-19H. The summed E-state index contributed by atoms with van der Waals surface area (Å²) in [6, 6.07) is 37.4. The van der Waals surface area contributed by atoms with Crippen LogP contribution in [0.1, 0.15) is 0 Å². The Bertz CT molecular complexity index is 1950. The molecule has 0 aliphatic rings. The SMILES string of the molecule is O=c1nc2sc3cccnc3n2c2ccc(-c3cccc(-c4ccc(-c5ccccc5)cc4)c3)cc12. The summed E-state index contributed by atoms with van der Waals surface area (Å²) in [6.45, 7) is 0. The summed E-state index contributed by atoms with van der Waals surface area (Å²) in [5.74, 6) is 0. The van der Waals surface area contributed by atoms with Crippen LogP contribution in [0.25, 0.3) is 59.6 Å². The number of thiazole rings is 1. The minimum absolute atomic E-state index is 0.217. The molecule has 3 aromatic heterocycles. The first-order valence-electron chi connectivity index (χ1n) is 11.7. The Balaban J connectivity index is 1.31. The molecule has 0 fully saturated rings. The van der Waals surface area contributed by atoms with Gasteiger partial charge in [-0.05, 0) is 63.7 Å². The molecule has 0 saturated carbocycles. The van der Waals surface area contributed by atoms with E-state index in [1.54, 1.807) is 6.20 Å². The predicted octanol–water partition coefficient (Wildman–Crippen LogP) is 7.46. The van der Waals surface area contributed by atoms with E-state index in [1.165, 1.54) is 22.5 Å². The summed E-state index contributed by atoms with van der Waals surface area (Å²) in [4.78, 5) is 22.5. The molecular formula is C31H19N3OS. The molecule has 7 rings (SSSR count). The van der Waals surface area contributed by atoms with Gasteiger partial charge in [-0.1, -0.05) is 90.2 Å². The van der Waals surface area contributed by atoms with Gasteiger partial charge in [0.15, 0.2) is 10.6 Å². The van der Waals surface area contributed by atoms with Gasteiger partial charge in [-0.15, -0.1) is 0 Å². The number of rotatable bonds is 3. The molecule has 4 aromatic carbocycles. The second-order valence-corrected chi connectivity index (χ2v) is 9.73. The Kier molecular flexibility index (Phi) is 4.76. The summed E-state index contributed by atoms with van der Waals surface area (Å²) in [5.41, 5.74) is 8.15. The number of nitrogens with zero attached hydrogens (tertiary/aromatic N) is 3. The third-order valence-electron chi connectivity index (χ3n) is 6.54. The van der Waals surface area contributed by atoms with Crippen molar-refractivity contribution in [3.8, 4) is 33.4 Å². The topological polar surface area (TPSA) is 47.3 Å². The fourth-order valence-electron chi connectivity index (χ4n) is 4.75. The normalized spacial score (nSPS) is 11.4. The molecule has 0 bridgehead atoms. The summed E-state index contributed by atoms with van der Waals surface area (Å²) in [7, 11) is 0. The average molecular weight is 482 g/mol. The van der Waals surface area contributed by atoms with Gasteiger partial charge in [-0.25, -0.2) is 4.98 Å². The number of fused-ring (bicyclic) bond motifs is 5. The van der Waals surface area contributed by atoms with Crippen LogP contribution in [-0.4, -0.2) is 14.4 Å². The Hall–Kier alpha value is -4.61. The van der Waals surface area contributed by atoms with Crippen LogP contribution in [0.4, 0.5) is 0 Å². The molecular weight excluding hydrogens is 462 g/mol. The largest absolute Gasteiger partial charge is 0.281 e. The zero-order chi connectivity index (χ0) is 24.1. The first-order chi connectivity index (χ1) is 17.7. The van der Waals surface area contributed by atoms with Crippen LogP contribution in [0.3, 0.4) is 0 Å². The summed E-state index contributed by atoms with van der Waals surface area (Å²) in [5, 5.41) is 0.591. The number of hydrogen-bond donors (Lipinski definition) is 0. The highest BCUT2D eigenvalue weighted by Gasteiger charge is 2.13. The van der Waals surface area contributed by atoms with E-state index < -0.39 is 0 Å². The average Bonchev–Trinajstić information content (AvgIpc) is 3.32. The van der Waals surface area contributed by atoms with Crippen LogP contribution in [0.5, 0.6) is 0 Å². The van der Waals surface area contributed by atoms with E-state index in [0.29, 0.717) is 10.3 Å². The molecule has 3 heterocycles. The van der Waals surface area contributed by atoms with Gasteiger partial charge in [-0.2, -0.15) is 4.98 Å². The monoisotopic (exact) mass is 481 g/mol. The van der Waals surface area contributed by atoms with E-state index in [0.717, 1.165) is 38.1 Å². The van der Waals surface area contributed by atoms with Gasteiger partial charge in [0.25, 0.3) is 5.56 Å². The van der Waals surface area contributed by atoms with E-state index in [-0.39, 0.29) is 5.56 Å². The van der Waals surface area contributed by atoms with Crippen molar-refractivity contribution in [2.24, 2.45) is 0 Å². The van der Waals surface area contributed by atoms with Crippen LogP contribution in [-0.2, 0) is 0 Å². The van der Waals surface area contributed by atoms with Crippen LogP contribution in [0.2, 0.25) is 0 Å². The lowest BCUT2D eigenvalue weighted by Crippen LogP contribution is -2.09. The van der Waals surface area contributed by atoms with Crippen LogP contribution in [0, 0.1) is 0 Å². The Morgan fingerprint density at radius 1 is 0.611 bits per heavy atom. The molecule has 5 heteroatoms. The summed E-state index contributed by atoms with van der Waals surface area (Å²) >= 11 is 1.48. The molecule has 0 unspecified atom stereocenters. The molecule has 36 heavy (non-hydrogen) atoms. The van der Waals surface area contributed by atoms with Gasteiger partial charge in [-0.3, -0.25) is 9.20 Å². The molecule has 0 atom stereocenters. The second kappa shape index (κ2) is 8.26. The van der Waals surface area contributed by atoms with Crippen LogP contribution < -0.4 is 5.56 Å². The molecule has 0 N–H and O–H groups in total. The van der Waals surface area contributed by atoms with Gasteiger partial charge in [0, 0.05) is 6.20 Å². The Morgan fingerprint density at radius 2 is 1.25 bits per heavy atom. The van der Waals surface area contributed by atoms with E-state index in [9.17, 15) is 4.79 Å².